The largest absolute Gasteiger partial charge is 0.450 e. The zero-order valence-corrected chi connectivity index (χ0v) is 17.6. The average molecular weight is 409 g/mol. The highest BCUT2D eigenvalue weighted by Crippen LogP contribution is 2.25. The molecule has 162 valence electrons. The topological polar surface area (TPSA) is 97.8 Å². The van der Waals surface area contributed by atoms with Gasteiger partial charge in [-0.25, -0.2) is 14.6 Å². The third-order valence-corrected chi connectivity index (χ3v) is 5.71. The van der Waals surface area contributed by atoms with Crippen molar-refractivity contribution in [2.75, 3.05) is 52.9 Å². The normalized spacial score (nSPS) is 25.1. The van der Waals surface area contributed by atoms with E-state index in [1.54, 1.807) is 18.9 Å². The molecule has 2 atom stereocenters. The van der Waals surface area contributed by atoms with Gasteiger partial charge in [-0.1, -0.05) is 19.8 Å². The van der Waals surface area contributed by atoms with Crippen LogP contribution in [0.1, 0.15) is 33.1 Å². The lowest BCUT2D eigenvalue weighted by molar-refractivity contribution is -0.127. The van der Waals surface area contributed by atoms with Gasteiger partial charge in [-0.2, -0.15) is 0 Å². The molecule has 3 rings (SSSR count). The van der Waals surface area contributed by atoms with Gasteiger partial charge in [0.2, 0.25) is 0 Å². The Morgan fingerprint density at radius 3 is 2.55 bits per heavy atom. The number of amides is 4. The van der Waals surface area contributed by atoms with Crippen molar-refractivity contribution in [2.24, 2.45) is 4.99 Å². The summed E-state index contributed by atoms with van der Waals surface area (Å²) in [4.78, 5) is 48.7. The van der Waals surface area contributed by atoms with Gasteiger partial charge in [-0.3, -0.25) is 15.0 Å². The number of ether oxygens (including phenoxy) is 1. The van der Waals surface area contributed by atoms with E-state index in [0.29, 0.717) is 26.2 Å². The Bertz CT molecular complexity index is 661. The smallest absolute Gasteiger partial charge is 0.409 e. The molecule has 3 aliphatic rings. The molecule has 10 nitrogen and oxygen atoms in total. The molecule has 1 N–H and O–H groups in total. The molecule has 3 heterocycles. The van der Waals surface area contributed by atoms with E-state index in [0.717, 1.165) is 44.7 Å². The molecule has 0 saturated carbocycles. The number of hydrogen-bond acceptors (Lipinski definition) is 7. The molecule has 2 saturated heterocycles. The number of nitrogens with one attached hydrogen (secondary N) is 1. The Kier molecular flexibility index (Phi) is 6.94. The van der Waals surface area contributed by atoms with Gasteiger partial charge in [-0.15, -0.1) is 0 Å². The highest BCUT2D eigenvalue weighted by atomic mass is 16.6. The molecule has 10 heteroatoms. The molecule has 2 unspecified atom stereocenters. The summed E-state index contributed by atoms with van der Waals surface area (Å²) in [7, 11) is 1.67. The first-order chi connectivity index (χ1) is 14.0. The summed E-state index contributed by atoms with van der Waals surface area (Å²) < 4.78 is 5.07. The lowest BCUT2D eigenvalue weighted by Crippen LogP contribution is -2.64. The van der Waals surface area contributed by atoms with Crippen LogP contribution in [0, 0.1) is 0 Å². The maximum absolute atomic E-state index is 12.5. The van der Waals surface area contributed by atoms with Gasteiger partial charge >= 0.3 is 12.1 Å². The summed E-state index contributed by atoms with van der Waals surface area (Å²) in [6.45, 7) is 8.31. The SMILES string of the molecule is CCCCCN1C(CN2CCN(C(=O)OCC)CC2)=NC2C1C(=O)NC(=O)N2C. The highest BCUT2D eigenvalue weighted by Gasteiger charge is 2.48. The number of rotatable bonds is 7. The van der Waals surface area contributed by atoms with E-state index in [1.165, 1.54) is 4.90 Å². The van der Waals surface area contributed by atoms with Crippen LogP contribution in [-0.2, 0) is 9.53 Å². The number of likely N-dealkylation sites (N-methyl/N-ethyl adjacent to an activating group) is 1. The fourth-order valence-corrected chi connectivity index (χ4v) is 4.02. The molecule has 0 radical (unpaired) electrons. The number of unbranched alkanes of at least 4 members (excludes halogenated alkanes) is 2. The van der Waals surface area contributed by atoms with Crippen molar-refractivity contribution in [3.63, 3.8) is 0 Å². The van der Waals surface area contributed by atoms with Crippen LogP contribution < -0.4 is 5.32 Å². The Hall–Kier alpha value is -2.36. The van der Waals surface area contributed by atoms with Crippen molar-refractivity contribution in [1.29, 1.82) is 0 Å². The van der Waals surface area contributed by atoms with Gasteiger partial charge in [-0.05, 0) is 13.3 Å². The molecule has 4 amide bonds. The highest BCUT2D eigenvalue weighted by molar-refractivity contribution is 6.04. The Balaban J connectivity index is 1.66. The molecular weight excluding hydrogens is 376 g/mol. The summed E-state index contributed by atoms with van der Waals surface area (Å²) in [5.74, 6) is 0.567. The fourth-order valence-electron chi connectivity index (χ4n) is 4.02. The molecule has 0 spiro atoms. The van der Waals surface area contributed by atoms with Crippen molar-refractivity contribution in [2.45, 2.75) is 45.3 Å². The summed E-state index contributed by atoms with van der Waals surface area (Å²) in [5, 5.41) is 2.44. The van der Waals surface area contributed by atoms with Crippen molar-refractivity contribution < 1.29 is 19.1 Å². The first-order valence-electron chi connectivity index (χ1n) is 10.5. The van der Waals surface area contributed by atoms with Gasteiger partial charge in [0.25, 0.3) is 5.91 Å². The van der Waals surface area contributed by atoms with Crippen molar-refractivity contribution in [3.8, 4) is 0 Å². The van der Waals surface area contributed by atoms with Gasteiger partial charge in [0.15, 0.2) is 12.2 Å². The number of urea groups is 1. The van der Waals surface area contributed by atoms with E-state index < -0.39 is 18.2 Å². The minimum absolute atomic E-state index is 0.269. The van der Waals surface area contributed by atoms with Crippen LogP contribution in [0.5, 0.6) is 0 Å². The predicted octanol–water partition coefficient (Wildman–Crippen LogP) is 0.541. The van der Waals surface area contributed by atoms with Crippen LogP contribution in [0.3, 0.4) is 0 Å². The van der Waals surface area contributed by atoms with Gasteiger partial charge in [0.05, 0.1) is 13.2 Å². The van der Waals surface area contributed by atoms with E-state index in [9.17, 15) is 14.4 Å². The van der Waals surface area contributed by atoms with Crippen LogP contribution in [0.4, 0.5) is 9.59 Å². The Labute approximate surface area is 171 Å². The molecule has 0 aromatic rings. The van der Waals surface area contributed by atoms with E-state index in [1.807, 2.05) is 0 Å². The number of piperazine rings is 1. The molecule has 29 heavy (non-hydrogen) atoms. The third-order valence-electron chi connectivity index (χ3n) is 5.71. The number of imide groups is 1. The van der Waals surface area contributed by atoms with E-state index in [2.05, 4.69) is 22.0 Å². The Morgan fingerprint density at radius 2 is 1.90 bits per heavy atom. The van der Waals surface area contributed by atoms with Crippen LogP contribution in [-0.4, -0.2) is 109 Å². The van der Waals surface area contributed by atoms with Crippen molar-refractivity contribution >= 4 is 23.9 Å². The second-order valence-electron chi connectivity index (χ2n) is 7.67. The quantitative estimate of drug-likeness (QED) is 0.618. The van der Waals surface area contributed by atoms with E-state index in [-0.39, 0.29) is 12.0 Å². The lowest BCUT2D eigenvalue weighted by atomic mass is 10.1. The van der Waals surface area contributed by atoms with Gasteiger partial charge in [0.1, 0.15) is 5.84 Å². The summed E-state index contributed by atoms with van der Waals surface area (Å²) in [5.41, 5.74) is 0. The van der Waals surface area contributed by atoms with Gasteiger partial charge < -0.3 is 19.4 Å². The summed E-state index contributed by atoms with van der Waals surface area (Å²) in [6.07, 6.45) is 2.40. The molecule has 0 aromatic heterocycles. The second kappa shape index (κ2) is 9.43. The fraction of sp³-hybridized carbons (Fsp3) is 0.789. The number of nitrogens with zero attached hydrogens (tertiary/aromatic N) is 5. The van der Waals surface area contributed by atoms with Gasteiger partial charge in [0, 0.05) is 39.8 Å². The zero-order chi connectivity index (χ0) is 21.0. The minimum atomic E-state index is -0.478. The van der Waals surface area contributed by atoms with E-state index >= 15 is 0 Å². The van der Waals surface area contributed by atoms with Crippen molar-refractivity contribution in [1.82, 2.24) is 24.9 Å². The Morgan fingerprint density at radius 1 is 1.17 bits per heavy atom. The van der Waals surface area contributed by atoms with Crippen LogP contribution >= 0.6 is 0 Å². The molecule has 3 aliphatic heterocycles. The number of fused-ring (bicyclic) bond motifs is 1. The molecule has 0 bridgehead atoms. The third kappa shape index (κ3) is 4.63. The number of aliphatic imine (C=N–C) groups is 1. The molecule has 2 fully saturated rings. The minimum Gasteiger partial charge on any atom is -0.450 e. The first kappa shape index (κ1) is 21.4. The summed E-state index contributed by atoms with van der Waals surface area (Å²) >= 11 is 0. The monoisotopic (exact) mass is 408 g/mol. The summed E-state index contributed by atoms with van der Waals surface area (Å²) in [6, 6.07) is -0.872. The molecular formula is C19H32N6O4. The van der Waals surface area contributed by atoms with Crippen LogP contribution in [0.25, 0.3) is 0 Å². The maximum atomic E-state index is 12.5. The first-order valence-corrected chi connectivity index (χ1v) is 10.5. The molecule has 0 aliphatic carbocycles. The maximum Gasteiger partial charge on any atom is 0.409 e. The second-order valence-corrected chi connectivity index (χ2v) is 7.67. The lowest BCUT2D eigenvalue weighted by Gasteiger charge is -2.38. The van der Waals surface area contributed by atoms with E-state index in [4.69, 9.17) is 9.73 Å². The van der Waals surface area contributed by atoms with Crippen LogP contribution in [0.15, 0.2) is 4.99 Å². The predicted molar refractivity (Wildman–Crippen MR) is 108 cm³/mol. The number of amidine groups is 1. The number of hydrogen-bond donors (Lipinski definition) is 1. The standard InChI is InChI=1S/C19H32N6O4/c1-4-6-7-8-25-14(20-16-15(25)17(26)21-18(27)22(16)3)13-23-9-11-24(12-10-23)19(28)29-5-2/h15-16H,4-13H2,1-3H3,(H,21,26,27). The van der Waals surface area contributed by atoms with Crippen LogP contribution in [0.2, 0.25) is 0 Å². The number of carbonyl (C=O) groups excluding carboxylic acids is 3. The number of carbonyl (C=O) groups is 3. The average Bonchev–Trinajstić information content (AvgIpc) is 3.06. The van der Waals surface area contributed by atoms with Crippen molar-refractivity contribution in [3.05, 3.63) is 0 Å². The zero-order valence-electron chi connectivity index (χ0n) is 17.6. The molecule has 0 aromatic carbocycles.